The molecule has 0 amide bonds. The molecule has 2 rings (SSSR count). The van der Waals surface area contributed by atoms with Crippen molar-refractivity contribution in [1.82, 2.24) is 0 Å². The van der Waals surface area contributed by atoms with Crippen molar-refractivity contribution in [2.45, 2.75) is 57.8 Å². The summed E-state index contributed by atoms with van der Waals surface area (Å²) in [7, 11) is 0. The first-order valence-electron chi connectivity index (χ1n) is 6.93. The maximum Gasteiger partial charge on any atom is 0.140 e. The SMILES string of the molecule is CCCCCCCC(=O)C1Cc2ccccc21. The van der Waals surface area contributed by atoms with Crippen LogP contribution < -0.4 is 0 Å². The van der Waals surface area contributed by atoms with Crippen molar-refractivity contribution in [3.05, 3.63) is 35.4 Å². The van der Waals surface area contributed by atoms with E-state index in [0.717, 1.165) is 19.3 Å². The number of unbranched alkanes of at least 4 members (excludes halogenated alkanes) is 4. The summed E-state index contributed by atoms with van der Waals surface area (Å²) in [6, 6.07) is 8.35. The van der Waals surface area contributed by atoms with Crippen LogP contribution in [0, 0.1) is 0 Å². The Kier molecular flexibility index (Phi) is 4.36. The molecule has 92 valence electrons. The minimum atomic E-state index is 0.220. The Morgan fingerprint density at radius 3 is 2.71 bits per heavy atom. The first-order chi connectivity index (χ1) is 8.33. The molecule has 0 saturated heterocycles. The van der Waals surface area contributed by atoms with E-state index >= 15 is 0 Å². The lowest BCUT2D eigenvalue weighted by Crippen LogP contribution is -2.24. The van der Waals surface area contributed by atoms with Crippen LogP contribution in [-0.2, 0) is 11.2 Å². The van der Waals surface area contributed by atoms with E-state index in [4.69, 9.17) is 0 Å². The van der Waals surface area contributed by atoms with E-state index in [2.05, 4.69) is 25.1 Å². The number of benzene rings is 1. The highest BCUT2D eigenvalue weighted by molar-refractivity contribution is 5.88. The third kappa shape index (κ3) is 2.96. The number of carbonyl (C=O) groups excluding carboxylic acids is 1. The summed E-state index contributed by atoms with van der Waals surface area (Å²) in [5.41, 5.74) is 2.66. The average molecular weight is 230 g/mol. The highest BCUT2D eigenvalue weighted by Gasteiger charge is 2.30. The third-order valence-electron chi connectivity index (χ3n) is 3.77. The minimum Gasteiger partial charge on any atom is -0.299 e. The van der Waals surface area contributed by atoms with Crippen LogP contribution in [0.2, 0.25) is 0 Å². The van der Waals surface area contributed by atoms with Gasteiger partial charge in [-0.15, -0.1) is 0 Å². The Bertz CT molecular complexity index is 381. The number of fused-ring (bicyclic) bond motifs is 1. The van der Waals surface area contributed by atoms with Gasteiger partial charge in [-0.05, 0) is 24.0 Å². The van der Waals surface area contributed by atoms with Gasteiger partial charge in [0.15, 0.2) is 0 Å². The molecule has 1 aliphatic carbocycles. The summed E-state index contributed by atoms with van der Waals surface area (Å²) in [5.74, 6) is 0.678. The van der Waals surface area contributed by atoms with Crippen molar-refractivity contribution < 1.29 is 4.79 Å². The zero-order valence-corrected chi connectivity index (χ0v) is 10.7. The van der Waals surface area contributed by atoms with E-state index in [0.29, 0.717) is 5.78 Å². The average Bonchev–Trinajstić information content (AvgIpc) is 2.30. The zero-order valence-electron chi connectivity index (χ0n) is 10.7. The van der Waals surface area contributed by atoms with Gasteiger partial charge in [-0.2, -0.15) is 0 Å². The largest absolute Gasteiger partial charge is 0.299 e. The highest BCUT2D eigenvalue weighted by atomic mass is 16.1. The van der Waals surface area contributed by atoms with Gasteiger partial charge in [0.05, 0.1) is 0 Å². The molecule has 0 N–H and O–H groups in total. The summed E-state index contributed by atoms with van der Waals surface area (Å²) in [6.07, 6.45) is 7.91. The second kappa shape index (κ2) is 6.00. The monoisotopic (exact) mass is 230 g/mol. The topological polar surface area (TPSA) is 17.1 Å². The van der Waals surface area contributed by atoms with Crippen molar-refractivity contribution >= 4 is 5.78 Å². The molecule has 0 aromatic heterocycles. The Hall–Kier alpha value is -1.11. The van der Waals surface area contributed by atoms with E-state index in [9.17, 15) is 4.79 Å². The van der Waals surface area contributed by atoms with Gasteiger partial charge < -0.3 is 0 Å². The lowest BCUT2D eigenvalue weighted by molar-refractivity contribution is -0.121. The molecule has 1 heteroatoms. The number of Topliss-reactive ketones (excluding diaryl/α,β-unsaturated/α-hetero) is 1. The summed E-state index contributed by atoms with van der Waals surface area (Å²) in [6.45, 7) is 2.22. The number of carbonyl (C=O) groups is 1. The maximum atomic E-state index is 12.0. The van der Waals surface area contributed by atoms with Crippen molar-refractivity contribution in [1.29, 1.82) is 0 Å². The highest BCUT2D eigenvalue weighted by Crippen LogP contribution is 2.36. The van der Waals surface area contributed by atoms with E-state index in [1.165, 1.54) is 36.8 Å². The second-order valence-electron chi connectivity index (χ2n) is 5.09. The van der Waals surface area contributed by atoms with E-state index < -0.39 is 0 Å². The summed E-state index contributed by atoms with van der Waals surface area (Å²) >= 11 is 0. The maximum absolute atomic E-state index is 12.0. The third-order valence-corrected chi connectivity index (χ3v) is 3.77. The Balaban J connectivity index is 1.72. The van der Waals surface area contributed by atoms with Crippen LogP contribution in [0.1, 0.15) is 62.5 Å². The summed E-state index contributed by atoms with van der Waals surface area (Å²) in [4.78, 5) is 12.0. The van der Waals surface area contributed by atoms with Crippen LogP contribution in [0.4, 0.5) is 0 Å². The zero-order chi connectivity index (χ0) is 12.1. The quantitative estimate of drug-likeness (QED) is 0.640. The van der Waals surface area contributed by atoms with Gasteiger partial charge >= 0.3 is 0 Å². The standard InChI is InChI=1S/C16H22O/c1-2-3-4-5-6-11-16(17)15-12-13-9-7-8-10-14(13)15/h7-10,15H,2-6,11-12H2,1H3. The molecule has 1 nitrogen and oxygen atoms in total. The normalized spacial score (nSPS) is 17.4. The molecule has 1 aromatic rings. The van der Waals surface area contributed by atoms with Crippen LogP contribution in [0.5, 0.6) is 0 Å². The smallest absolute Gasteiger partial charge is 0.140 e. The Labute approximate surface area is 104 Å². The molecule has 1 aliphatic rings. The molecule has 17 heavy (non-hydrogen) atoms. The fourth-order valence-electron chi connectivity index (χ4n) is 2.62. The molecule has 1 atom stereocenters. The van der Waals surface area contributed by atoms with Crippen molar-refractivity contribution in [3.8, 4) is 0 Å². The molecular weight excluding hydrogens is 208 g/mol. The molecule has 0 fully saturated rings. The molecular formula is C16H22O. The van der Waals surface area contributed by atoms with E-state index in [1.807, 2.05) is 6.07 Å². The number of hydrogen-bond donors (Lipinski definition) is 0. The first-order valence-corrected chi connectivity index (χ1v) is 6.93. The Morgan fingerprint density at radius 2 is 1.94 bits per heavy atom. The van der Waals surface area contributed by atoms with Gasteiger partial charge in [0.2, 0.25) is 0 Å². The number of ketones is 1. The minimum absolute atomic E-state index is 0.220. The van der Waals surface area contributed by atoms with Gasteiger partial charge in [-0.25, -0.2) is 0 Å². The van der Waals surface area contributed by atoms with Gasteiger partial charge in [-0.3, -0.25) is 4.79 Å². The van der Waals surface area contributed by atoms with E-state index in [1.54, 1.807) is 0 Å². The predicted octanol–water partition coefficient (Wildman–Crippen LogP) is 4.26. The van der Waals surface area contributed by atoms with Crippen molar-refractivity contribution in [2.75, 3.05) is 0 Å². The molecule has 0 saturated carbocycles. The molecule has 0 spiro atoms. The van der Waals surface area contributed by atoms with Crippen LogP contribution in [0.25, 0.3) is 0 Å². The molecule has 1 aromatic carbocycles. The fourth-order valence-corrected chi connectivity index (χ4v) is 2.62. The van der Waals surface area contributed by atoms with Crippen molar-refractivity contribution in [3.63, 3.8) is 0 Å². The number of rotatable bonds is 7. The molecule has 1 unspecified atom stereocenters. The molecule has 0 bridgehead atoms. The Morgan fingerprint density at radius 1 is 1.18 bits per heavy atom. The molecule has 0 radical (unpaired) electrons. The first kappa shape index (κ1) is 12.3. The van der Waals surface area contributed by atoms with Crippen molar-refractivity contribution in [2.24, 2.45) is 0 Å². The van der Waals surface area contributed by atoms with Crippen LogP contribution in [-0.4, -0.2) is 5.78 Å². The lowest BCUT2D eigenvalue weighted by atomic mass is 9.74. The lowest BCUT2D eigenvalue weighted by Gasteiger charge is -2.28. The predicted molar refractivity (Wildman–Crippen MR) is 71.3 cm³/mol. The molecule has 0 heterocycles. The molecule has 0 aliphatic heterocycles. The van der Waals surface area contributed by atoms with Gasteiger partial charge in [0.25, 0.3) is 0 Å². The number of hydrogen-bond acceptors (Lipinski definition) is 1. The van der Waals surface area contributed by atoms with Gasteiger partial charge in [-0.1, -0.05) is 56.9 Å². The fraction of sp³-hybridized carbons (Fsp3) is 0.562. The van der Waals surface area contributed by atoms with Crippen LogP contribution in [0.15, 0.2) is 24.3 Å². The summed E-state index contributed by atoms with van der Waals surface area (Å²) < 4.78 is 0. The second-order valence-corrected chi connectivity index (χ2v) is 5.09. The summed E-state index contributed by atoms with van der Waals surface area (Å²) in [5, 5.41) is 0. The van der Waals surface area contributed by atoms with E-state index in [-0.39, 0.29) is 5.92 Å². The van der Waals surface area contributed by atoms with Crippen LogP contribution >= 0.6 is 0 Å². The van der Waals surface area contributed by atoms with Gasteiger partial charge in [0, 0.05) is 12.3 Å². The van der Waals surface area contributed by atoms with Gasteiger partial charge in [0.1, 0.15) is 5.78 Å². The van der Waals surface area contributed by atoms with Crippen LogP contribution in [0.3, 0.4) is 0 Å².